The van der Waals surface area contributed by atoms with Crippen LogP contribution in [0.15, 0.2) is 60.3 Å². The highest BCUT2D eigenvalue weighted by molar-refractivity contribution is 5.82. The average Bonchev–Trinajstić information content (AvgIpc) is 3.72. The van der Waals surface area contributed by atoms with E-state index in [9.17, 15) is 9.59 Å². The first kappa shape index (κ1) is 26.1. The number of rotatable bonds is 10. The third-order valence-corrected chi connectivity index (χ3v) is 6.73. The lowest BCUT2D eigenvalue weighted by Crippen LogP contribution is -2.55. The van der Waals surface area contributed by atoms with Gasteiger partial charge in [-0.1, -0.05) is 48.1 Å². The molecule has 6 atom stereocenters. The molecule has 1 saturated carbocycles. The number of carbonyl (C=O) groups is 2. The summed E-state index contributed by atoms with van der Waals surface area (Å²) in [6.45, 7) is 6.99. The Morgan fingerprint density at radius 3 is 2.18 bits per heavy atom. The lowest BCUT2D eigenvalue weighted by molar-refractivity contribution is -0.166. The zero-order valence-corrected chi connectivity index (χ0v) is 20.7. The standard InChI is InChI=1S/C27H36O7/c1-19(2)14-15-21-26(3,34-21)25-24(31-5)20(16-17-27(25)18-32-27)33-23(29)13-11-9-7-6-8-10-12-22(28)30-4/h6-14,20-21,24-25H,15-18H2,1-5H3/b8-6+,9-7+,12-10+,13-11+/t20-,21?,24-,25-,26?,27+/m1/s1. The third-order valence-electron chi connectivity index (χ3n) is 6.73. The number of methoxy groups -OCH3 is 2. The van der Waals surface area contributed by atoms with E-state index in [1.165, 1.54) is 24.8 Å². The number of esters is 2. The van der Waals surface area contributed by atoms with Crippen molar-refractivity contribution in [2.45, 2.75) is 69.5 Å². The number of epoxide rings is 2. The summed E-state index contributed by atoms with van der Waals surface area (Å²) in [5.74, 6) is -0.833. The second kappa shape index (κ2) is 11.3. The molecule has 2 unspecified atom stereocenters. The molecular formula is C27H36O7. The Hall–Kier alpha value is -2.48. The van der Waals surface area contributed by atoms with Gasteiger partial charge in [0.1, 0.15) is 23.4 Å². The molecule has 0 radical (unpaired) electrons. The minimum absolute atomic E-state index is 0.000769. The lowest BCUT2D eigenvalue weighted by Gasteiger charge is -2.42. The molecule has 3 rings (SSSR count). The van der Waals surface area contributed by atoms with Gasteiger partial charge in [0.25, 0.3) is 0 Å². The van der Waals surface area contributed by atoms with Crippen molar-refractivity contribution in [2.75, 3.05) is 20.8 Å². The number of hydrogen-bond donors (Lipinski definition) is 0. The minimum atomic E-state index is -0.416. The van der Waals surface area contributed by atoms with Crippen molar-refractivity contribution < 1.29 is 33.3 Å². The minimum Gasteiger partial charge on any atom is -0.466 e. The summed E-state index contributed by atoms with van der Waals surface area (Å²) >= 11 is 0. The Balaban J connectivity index is 1.57. The molecular weight excluding hydrogens is 436 g/mol. The van der Waals surface area contributed by atoms with Gasteiger partial charge in [0.2, 0.25) is 0 Å². The summed E-state index contributed by atoms with van der Waals surface area (Å²) in [7, 11) is 2.99. The highest BCUT2D eigenvalue weighted by Gasteiger charge is 2.72. The van der Waals surface area contributed by atoms with Gasteiger partial charge in [-0.05, 0) is 40.0 Å². The molecule has 0 amide bonds. The van der Waals surface area contributed by atoms with Gasteiger partial charge < -0.3 is 23.7 Å². The topological polar surface area (TPSA) is 86.9 Å². The van der Waals surface area contributed by atoms with Gasteiger partial charge in [-0.15, -0.1) is 0 Å². The fourth-order valence-electron chi connectivity index (χ4n) is 4.85. The van der Waals surface area contributed by atoms with E-state index in [1.807, 2.05) is 0 Å². The van der Waals surface area contributed by atoms with Crippen molar-refractivity contribution >= 4 is 11.9 Å². The molecule has 34 heavy (non-hydrogen) atoms. The number of ether oxygens (including phenoxy) is 5. The van der Waals surface area contributed by atoms with Crippen molar-refractivity contribution in [3.8, 4) is 0 Å². The van der Waals surface area contributed by atoms with E-state index in [1.54, 1.807) is 43.6 Å². The number of carbonyl (C=O) groups excluding carboxylic acids is 2. The van der Waals surface area contributed by atoms with Gasteiger partial charge in [-0.2, -0.15) is 0 Å². The monoisotopic (exact) mass is 472 g/mol. The van der Waals surface area contributed by atoms with E-state index >= 15 is 0 Å². The highest BCUT2D eigenvalue weighted by atomic mass is 16.6. The second-order valence-electron chi connectivity index (χ2n) is 9.36. The normalized spacial score (nSPS) is 34.9. The molecule has 0 aromatic heterocycles. The van der Waals surface area contributed by atoms with E-state index in [2.05, 4.69) is 31.6 Å². The maximum atomic E-state index is 12.5. The molecule has 2 saturated heterocycles. The Kier molecular flexibility index (Phi) is 8.68. The summed E-state index contributed by atoms with van der Waals surface area (Å²) in [6, 6.07) is 0. The van der Waals surface area contributed by atoms with Crippen molar-refractivity contribution in [1.82, 2.24) is 0 Å². The molecule has 1 spiro atoms. The fraction of sp³-hybridized carbons (Fsp3) is 0.556. The molecule has 2 aliphatic heterocycles. The molecule has 7 nitrogen and oxygen atoms in total. The van der Waals surface area contributed by atoms with Crippen molar-refractivity contribution in [3.63, 3.8) is 0 Å². The molecule has 0 bridgehead atoms. The Morgan fingerprint density at radius 1 is 1.00 bits per heavy atom. The first-order valence-corrected chi connectivity index (χ1v) is 11.7. The Bertz CT molecular complexity index is 889. The van der Waals surface area contributed by atoms with Crippen LogP contribution < -0.4 is 0 Å². The molecule has 2 heterocycles. The zero-order chi connectivity index (χ0) is 24.8. The second-order valence-corrected chi connectivity index (χ2v) is 9.36. The first-order valence-electron chi connectivity index (χ1n) is 11.7. The smallest absolute Gasteiger partial charge is 0.331 e. The molecule has 0 aromatic rings. The van der Waals surface area contributed by atoms with Gasteiger partial charge in [0, 0.05) is 19.3 Å². The lowest BCUT2D eigenvalue weighted by atomic mass is 9.68. The summed E-state index contributed by atoms with van der Waals surface area (Å²) in [5.41, 5.74) is 0.662. The molecule has 7 heteroatoms. The van der Waals surface area contributed by atoms with Crippen LogP contribution in [0.1, 0.15) is 40.0 Å². The molecule has 186 valence electrons. The van der Waals surface area contributed by atoms with Crippen molar-refractivity contribution in [2.24, 2.45) is 5.92 Å². The molecule has 0 aromatic carbocycles. The van der Waals surface area contributed by atoms with Crippen LogP contribution in [0.2, 0.25) is 0 Å². The zero-order valence-electron chi connectivity index (χ0n) is 20.7. The van der Waals surface area contributed by atoms with E-state index < -0.39 is 11.9 Å². The van der Waals surface area contributed by atoms with Gasteiger partial charge in [0.15, 0.2) is 0 Å². The first-order chi connectivity index (χ1) is 16.3. The van der Waals surface area contributed by atoms with Gasteiger partial charge in [-0.25, -0.2) is 9.59 Å². The van der Waals surface area contributed by atoms with Gasteiger partial charge in [0.05, 0.1) is 25.7 Å². The van der Waals surface area contributed by atoms with E-state index in [4.69, 9.17) is 18.9 Å². The number of hydrogen-bond acceptors (Lipinski definition) is 7. The Labute approximate surface area is 202 Å². The summed E-state index contributed by atoms with van der Waals surface area (Å²) in [5, 5.41) is 0. The van der Waals surface area contributed by atoms with Crippen LogP contribution in [0.25, 0.3) is 0 Å². The third kappa shape index (κ3) is 6.34. The van der Waals surface area contributed by atoms with Crippen LogP contribution in [-0.2, 0) is 33.3 Å². The quantitative estimate of drug-likeness (QED) is 0.156. The van der Waals surface area contributed by atoms with E-state index in [0.29, 0.717) is 13.0 Å². The summed E-state index contributed by atoms with van der Waals surface area (Å²) in [4.78, 5) is 23.4. The van der Waals surface area contributed by atoms with Crippen molar-refractivity contribution in [3.05, 3.63) is 60.3 Å². The summed E-state index contributed by atoms with van der Waals surface area (Å²) in [6.07, 6.45) is 16.8. The largest absolute Gasteiger partial charge is 0.466 e. The number of allylic oxidation sites excluding steroid dienone is 7. The van der Waals surface area contributed by atoms with Crippen LogP contribution >= 0.6 is 0 Å². The van der Waals surface area contributed by atoms with Crippen molar-refractivity contribution in [1.29, 1.82) is 0 Å². The fourth-order valence-corrected chi connectivity index (χ4v) is 4.85. The maximum Gasteiger partial charge on any atom is 0.331 e. The predicted molar refractivity (Wildman–Crippen MR) is 128 cm³/mol. The van der Waals surface area contributed by atoms with E-state index in [0.717, 1.165) is 12.8 Å². The van der Waals surface area contributed by atoms with Gasteiger partial charge in [-0.3, -0.25) is 0 Å². The SMILES string of the molecule is COC(=O)/C=C/C=C/C=C/C=C/C(=O)O[C@@H]1CC[C@]2(CO2)[C@@H](C2(C)OC2CC=C(C)C)[C@@H]1OC. The van der Waals surface area contributed by atoms with Crippen LogP contribution in [-0.4, -0.2) is 62.3 Å². The molecule has 3 fully saturated rings. The average molecular weight is 473 g/mol. The molecule has 0 N–H and O–H groups in total. The predicted octanol–water partition coefficient (Wildman–Crippen LogP) is 4.00. The summed E-state index contributed by atoms with van der Waals surface area (Å²) < 4.78 is 28.3. The maximum absolute atomic E-state index is 12.5. The van der Waals surface area contributed by atoms with Crippen LogP contribution in [0.5, 0.6) is 0 Å². The highest BCUT2D eigenvalue weighted by Crippen LogP contribution is 2.59. The van der Waals surface area contributed by atoms with Crippen LogP contribution in [0, 0.1) is 5.92 Å². The van der Waals surface area contributed by atoms with Crippen LogP contribution in [0.4, 0.5) is 0 Å². The van der Waals surface area contributed by atoms with Gasteiger partial charge >= 0.3 is 11.9 Å². The molecule has 3 aliphatic rings. The van der Waals surface area contributed by atoms with E-state index in [-0.39, 0.29) is 35.4 Å². The molecule has 1 aliphatic carbocycles. The van der Waals surface area contributed by atoms with Crippen LogP contribution in [0.3, 0.4) is 0 Å². The Morgan fingerprint density at radius 2 is 1.62 bits per heavy atom.